The van der Waals surface area contributed by atoms with E-state index < -0.39 is 107 Å². The molecule has 11 N–H and O–H groups in total. The summed E-state index contributed by atoms with van der Waals surface area (Å²) in [5.41, 5.74) is 12.9. The number of alkyl halides is 3. The molecule has 4 atom stereocenters. The van der Waals surface area contributed by atoms with Gasteiger partial charge in [0, 0.05) is 68.1 Å². The minimum absolute atomic E-state index is 0.0472. The molecule has 3 unspecified atom stereocenters. The number of amides is 9. The summed E-state index contributed by atoms with van der Waals surface area (Å²) < 4.78 is 62.4. The van der Waals surface area contributed by atoms with E-state index in [1.54, 1.807) is 6.20 Å². The van der Waals surface area contributed by atoms with Crippen molar-refractivity contribution in [2.45, 2.75) is 90.1 Å². The van der Waals surface area contributed by atoms with E-state index in [4.69, 9.17) is 26.5 Å². The standard InChI is InChI=1S/C49H59F2N11O9.C2HF3O2/c1-29(45(68)58-37(11-8-22-55-48(53)71)47(70)57-33-13-15-34(16-14-33)62-40(65)18-19-41(62)66)56-39(64)20-23-54-46(69)36(52)21-24-60(42(67)28-63)44(49(2,3)4)43-31(25-30-9-6-5-7-10-30)27-61(59-43)38-26-32(50)12-17-35(38)51;3-2(4,5)1(6)7/h5-7,9-10,12-19,26-27,29,36-37,44,63H,8,11,20-25,28,52H2,1-4H3,(H,54,69)(H,56,64)(H,57,70)(H,58,68)(H3,53,55,71);(H,6,7)/t29?,36?,37-,44?;/m0./s1. The molecule has 3 aromatic carbocycles. The van der Waals surface area contributed by atoms with Crippen LogP contribution in [0.2, 0.25) is 0 Å². The fraction of sp³-hybridized carbons (Fsp3) is 0.373. The smallest absolute Gasteiger partial charge is 0.475 e. The Balaban J connectivity index is 0.00000175. The van der Waals surface area contributed by atoms with Crippen LogP contribution in [0.15, 0.2) is 91.1 Å². The summed E-state index contributed by atoms with van der Waals surface area (Å²) in [4.78, 5) is 113. The van der Waals surface area contributed by atoms with E-state index in [0.717, 1.165) is 40.8 Å². The van der Waals surface area contributed by atoms with Crippen molar-refractivity contribution in [1.82, 2.24) is 35.9 Å². The van der Waals surface area contributed by atoms with Crippen molar-refractivity contribution >= 4 is 64.7 Å². The Morgan fingerprint density at radius 3 is 2.03 bits per heavy atom. The number of anilines is 2. The first-order valence-corrected chi connectivity index (χ1v) is 24.0. The number of halogens is 5. The van der Waals surface area contributed by atoms with Crippen LogP contribution in [0.1, 0.15) is 76.2 Å². The Hall–Kier alpha value is -8.59. The van der Waals surface area contributed by atoms with Gasteiger partial charge >= 0.3 is 18.2 Å². The number of nitrogens with one attached hydrogen (secondary N) is 5. The first-order valence-electron chi connectivity index (χ1n) is 24.0. The molecule has 4 aromatic rings. The maximum absolute atomic E-state index is 15.1. The fourth-order valence-corrected chi connectivity index (χ4v) is 7.78. The molecular weight excluding hydrogens is 1040 g/mol. The van der Waals surface area contributed by atoms with Gasteiger partial charge in [0.1, 0.15) is 36.0 Å². The molecule has 2 heterocycles. The van der Waals surface area contributed by atoms with Crippen LogP contribution in [0, 0.1) is 17.0 Å². The third-order valence-electron chi connectivity index (χ3n) is 11.5. The number of primary amides is 1. The van der Waals surface area contributed by atoms with Gasteiger partial charge in [-0.1, -0.05) is 51.1 Å². The summed E-state index contributed by atoms with van der Waals surface area (Å²) in [7, 11) is 0. The van der Waals surface area contributed by atoms with Gasteiger partial charge in [-0.05, 0) is 73.6 Å². The Kier molecular flexibility index (Phi) is 22.2. The molecule has 0 bridgehead atoms. The molecular formula is C51H60F5N11O11. The number of rotatable bonds is 23. The largest absolute Gasteiger partial charge is 0.490 e. The van der Waals surface area contributed by atoms with E-state index >= 15 is 4.39 Å². The van der Waals surface area contributed by atoms with Crippen LogP contribution in [0.25, 0.3) is 5.69 Å². The molecule has 0 saturated heterocycles. The molecule has 420 valence electrons. The number of nitrogens with two attached hydrogens (primary N) is 2. The predicted octanol–water partition coefficient (Wildman–Crippen LogP) is 3.01. The normalized spacial score (nSPS) is 13.8. The second-order valence-electron chi connectivity index (χ2n) is 18.7. The lowest BCUT2D eigenvalue weighted by Crippen LogP contribution is -2.52. The van der Waals surface area contributed by atoms with E-state index in [0.29, 0.717) is 17.7 Å². The van der Waals surface area contributed by atoms with Gasteiger partial charge in [-0.2, -0.15) is 18.3 Å². The number of hydrogen-bond donors (Lipinski definition) is 9. The average molecular weight is 1100 g/mol. The first kappa shape index (κ1) is 62.0. The minimum atomic E-state index is -5.08. The number of imide groups is 1. The molecule has 0 radical (unpaired) electrons. The van der Waals surface area contributed by atoms with Gasteiger partial charge in [-0.3, -0.25) is 33.6 Å². The average Bonchev–Trinajstić information content (AvgIpc) is 3.99. The maximum Gasteiger partial charge on any atom is 0.490 e. The second kappa shape index (κ2) is 28.0. The van der Waals surface area contributed by atoms with Crippen molar-refractivity contribution < 1.29 is 75.3 Å². The van der Waals surface area contributed by atoms with E-state index in [9.17, 15) is 61.0 Å². The molecule has 0 fully saturated rings. The van der Waals surface area contributed by atoms with Crippen LogP contribution in [0.3, 0.4) is 0 Å². The number of carbonyl (C=O) groups is 9. The molecule has 1 aromatic heterocycles. The van der Waals surface area contributed by atoms with Crippen LogP contribution in [0.4, 0.5) is 38.1 Å². The lowest BCUT2D eigenvalue weighted by Gasteiger charge is -2.40. The quantitative estimate of drug-likeness (QED) is 0.0294. The molecule has 0 aliphatic carbocycles. The number of urea groups is 1. The Labute approximate surface area is 443 Å². The zero-order chi connectivity index (χ0) is 58.1. The number of carbonyl (C=O) groups excluding carboxylic acids is 8. The summed E-state index contributed by atoms with van der Waals surface area (Å²) in [6.45, 7) is 5.80. The third-order valence-corrected chi connectivity index (χ3v) is 11.5. The summed E-state index contributed by atoms with van der Waals surface area (Å²) >= 11 is 0. The van der Waals surface area contributed by atoms with Crippen molar-refractivity contribution in [2.75, 3.05) is 36.5 Å². The summed E-state index contributed by atoms with van der Waals surface area (Å²) in [5, 5.41) is 34.8. The van der Waals surface area contributed by atoms with Crippen LogP contribution < -0.4 is 43.0 Å². The molecule has 27 heteroatoms. The highest BCUT2D eigenvalue weighted by Gasteiger charge is 2.40. The highest BCUT2D eigenvalue weighted by atomic mass is 19.4. The number of aromatic nitrogens is 2. The van der Waals surface area contributed by atoms with Gasteiger partial charge in [0.2, 0.25) is 29.5 Å². The Morgan fingerprint density at radius 2 is 1.45 bits per heavy atom. The SMILES string of the molecule is CC(NC(=O)CCNC(=O)C(N)CCN(C(=O)CO)C(c1nn(-c2cc(F)ccc2F)cc1Cc1ccccc1)C(C)(C)C)C(=O)N[C@@H](CCCNC(N)=O)C(=O)Nc1ccc(N2C(=O)C=CC2=O)cc1.O=C(O)C(F)(F)F. The maximum atomic E-state index is 15.1. The number of hydrogen-bond acceptors (Lipinski definition) is 12. The van der Waals surface area contributed by atoms with E-state index in [1.807, 2.05) is 51.1 Å². The minimum Gasteiger partial charge on any atom is -0.475 e. The van der Waals surface area contributed by atoms with Crippen molar-refractivity contribution in [1.29, 1.82) is 0 Å². The summed E-state index contributed by atoms with van der Waals surface area (Å²) in [6.07, 6.45) is -1.04. The summed E-state index contributed by atoms with van der Waals surface area (Å²) in [6, 6.07) is 13.0. The second-order valence-corrected chi connectivity index (χ2v) is 18.7. The molecule has 78 heavy (non-hydrogen) atoms. The van der Waals surface area contributed by atoms with E-state index in [1.165, 1.54) is 40.8 Å². The van der Waals surface area contributed by atoms with Crippen LogP contribution in [-0.2, 0) is 44.8 Å². The zero-order valence-corrected chi connectivity index (χ0v) is 42.7. The van der Waals surface area contributed by atoms with Gasteiger partial charge < -0.3 is 53.2 Å². The van der Waals surface area contributed by atoms with Crippen molar-refractivity contribution in [2.24, 2.45) is 16.9 Å². The highest BCUT2D eigenvalue weighted by molar-refractivity contribution is 6.28. The molecule has 9 amide bonds. The number of aliphatic carboxylic acids is 1. The van der Waals surface area contributed by atoms with Crippen molar-refractivity contribution in [3.63, 3.8) is 0 Å². The number of aliphatic hydroxyl groups excluding tert-OH is 1. The summed E-state index contributed by atoms with van der Waals surface area (Å²) in [5.74, 6) is -8.56. The van der Waals surface area contributed by atoms with Crippen LogP contribution in [0.5, 0.6) is 0 Å². The van der Waals surface area contributed by atoms with Crippen molar-refractivity contribution in [3.8, 4) is 5.69 Å². The number of aliphatic hydroxyl groups is 1. The van der Waals surface area contributed by atoms with Gasteiger partial charge in [0.25, 0.3) is 11.8 Å². The first-order chi connectivity index (χ1) is 36.6. The Bertz CT molecular complexity index is 2820. The van der Waals surface area contributed by atoms with Gasteiger partial charge in [-0.25, -0.2) is 28.0 Å². The van der Waals surface area contributed by atoms with E-state index in [-0.39, 0.29) is 62.4 Å². The molecule has 22 nitrogen and oxygen atoms in total. The van der Waals surface area contributed by atoms with Gasteiger partial charge in [0.05, 0.1) is 23.5 Å². The van der Waals surface area contributed by atoms with Crippen LogP contribution in [-0.4, -0.2) is 129 Å². The zero-order valence-electron chi connectivity index (χ0n) is 42.7. The third kappa shape index (κ3) is 18.3. The molecule has 1 aliphatic rings. The number of benzene rings is 3. The lowest BCUT2D eigenvalue weighted by atomic mass is 9.81. The van der Waals surface area contributed by atoms with Crippen LogP contribution >= 0.6 is 0 Å². The molecule has 5 rings (SSSR count). The highest BCUT2D eigenvalue weighted by Crippen LogP contribution is 2.40. The van der Waals surface area contributed by atoms with Gasteiger partial charge in [-0.15, -0.1) is 0 Å². The number of nitrogens with zero attached hydrogens (tertiary/aromatic N) is 4. The lowest BCUT2D eigenvalue weighted by molar-refractivity contribution is -0.192. The molecule has 1 aliphatic heterocycles. The Morgan fingerprint density at radius 1 is 0.821 bits per heavy atom. The number of carboxylic acid groups (broad SMARTS) is 1. The van der Waals surface area contributed by atoms with Gasteiger partial charge in [0.15, 0.2) is 0 Å². The topological polar surface area (TPSA) is 331 Å². The monoisotopic (exact) mass is 1100 g/mol. The van der Waals surface area contributed by atoms with E-state index in [2.05, 4.69) is 26.6 Å². The molecule has 0 spiro atoms. The predicted molar refractivity (Wildman–Crippen MR) is 271 cm³/mol. The molecule has 0 saturated carbocycles. The number of carboxylic acids is 1. The fourth-order valence-electron chi connectivity index (χ4n) is 7.78. The van der Waals surface area contributed by atoms with Crippen molar-refractivity contribution in [3.05, 3.63) is 120 Å².